The molecule has 0 aliphatic rings. The van der Waals surface area contributed by atoms with Gasteiger partial charge in [-0.25, -0.2) is 0 Å². The molecule has 0 saturated heterocycles. The average Bonchev–Trinajstić information content (AvgIpc) is 2.61. The van der Waals surface area contributed by atoms with Gasteiger partial charge in [0.25, 0.3) is 0 Å². The molecule has 0 unspecified atom stereocenters. The van der Waals surface area contributed by atoms with E-state index in [1.807, 2.05) is 17.9 Å². The van der Waals surface area contributed by atoms with Crippen LogP contribution in [0.2, 0.25) is 0 Å². The number of unbranched alkanes of at least 4 members (excludes halogenated alkanes) is 1. The molecular weight excluding hydrogens is 174 g/mol. The molecule has 0 radical (unpaired) electrons. The van der Waals surface area contributed by atoms with Crippen molar-refractivity contribution in [3.63, 3.8) is 0 Å². The predicted molar refractivity (Wildman–Crippen MR) is 59.5 cm³/mol. The van der Waals surface area contributed by atoms with E-state index in [0.29, 0.717) is 6.04 Å². The number of aryl methyl sites for hydroxylation is 1. The molecule has 14 heavy (non-hydrogen) atoms. The zero-order valence-corrected chi connectivity index (χ0v) is 9.45. The quantitative estimate of drug-likeness (QED) is 0.704. The summed E-state index contributed by atoms with van der Waals surface area (Å²) in [5.41, 5.74) is 1.36. The van der Waals surface area contributed by atoms with Gasteiger partial charge in [-0.05, 0) is 52.3 Å². The van der Waals surface area contributed by atoms with Gasteiger partial charge < -0.3 is 5.32 Å². The van der Waals surface area contributed by atoms with Crippen LogP contribution < -0.4 is 5.32 Å². The third kappa shape index (κ3) is 3.50. The van der Waals surface area contributed by atoms with Gasteiger partial charge in [-0.1, -0.05) is 0 Å². The van der Waals surface area contributed by atoms with Crippen LogP contribution in [-0.2, 0) is 6.42 Å². The van der Waals surface area contributed by atoms with Gasteiger partial charge in [0.2, 0.25) is 0 Å². The van der Waals surface area contributed by atoms with Crippen molar-refractivity contribution >= 4 is 0 Å². The first kappa shape index (κ1) is 11.2. The van der Waals surface area contributed by atoms with Crippen LogP contribution in [0.5, 0.6) is 0 Å². The third-order valence-electron chi connectivity index (χ3n) is 2.33. The smallest absolute Gasteiger partial charge is 0.0521 e. The topological polar surface area (TPSA) is 29.9 Å². The van der Waals surface area contributed by atoms with E-state index in [0.717, 1.165) is 13.0 Å². The van der Waals surface area contributed by atoms with E-state index in [1.165, 1.54) is 18.4 Å². The highest BCUT2D eigenvalue weighted by Crippen LogP contribution is 2.07. The highest BCUT2D eigenvalue weighted by molar-refractivity contribution is 5.04. The average molecular weight is 195 g/mol. The molecule has 1 aromatic heterocycles. The predicted octanol–water partition coefficient (Wildman–Crippen LogP) is 2.01. The fourth-order valence-corrected chi connectivity index (χ4v) is 1.42. The Morgan fingerprint density at radius 1 is 1.43 bits per heavy atom. The Morgan fingerprint density at radius 2 is 2.21 bits per heavy atom. The molecule has 0 aliphatic carbocycles. The second kappa shape index (κ2) is 5.81. The van der Waals surface area contributed by atoms with Crippen LogP contribution in [0, 0.1) is 0 Å². The summed E-state index contributed by atoms with van der Waals surface area (Å²) in [7, 11) is 2.00. The van der Waals surface area contributed by atoms with E-state index >= 15 is 0 Å². The number of hydrogen-bond donors (Lipinski definition) is 1. The summed E-state index contributed by atoms with van der Waals surface area (Å²) < 4.78 is 2.02. The molecule has 3 nitrogen and oxygen atoms in total. The molecule has 0 fully saturated rings. The Kier molecular flexibility index (Phi) is 4.66. The molecule has 80 valence electrons. The number of nitrogens with zero attached hydrogens (tertiary/aromatic N) is 2. The van der Waals surface area contributed by atoms with Gasteiger partial charge in [0.05, 0.1) is 6.20 Å². The van der Waals surface area contributed by atoms with Gasteiger partial charge >= 0.3 is 0 Å². The van der Waals surface area contributed by atoms with Crippen LogP contribution in [0.4, 0.5) is 0 Å². The van der Waals surface area contributed by atoms with E-state index in [9.17, 15) is 0 Å². The van der Waals surface area contributed by atoms with E-state index in [4.69, 9.17) is 0 Å². The van der Waals surface area contributed by atoms with Crippen molar-refractivity contribution in [2.75, 3.05) is 13.6 Å². The maximum absolute atomic E-state index is 4.32. The maximum Gasteiger partial charge on any atom is 0.0521 e. The summed E-state index contributed by atoms with van der Waals surface area (Å²) in [5.74, 6) is 0. The van der Waals surface area contributed by atoms with Crippen LogP contribution in [0.3, 0.4) is 0 Å². The molecule has 0 spiro atoms. The van der Waals surface area contributed by atoms with Crippen molar-refractivity contribution in [1.82, 2.24) is 15.1 Å². The minimum Gasteiger partial charge on any atom is -0.320 e. The molecular formula is C11H21N3. The molecule has 0 amide bonds. The van der Waals surface area contributed by atoms with E-state index in [2.05, 4.69) is 30.5 Å². The highest BCUT2D eigenvalue weighted by atomic mass is 15.3. The van der Waals surface area contributed by atoms with Crippen LogP contribution in [0.1, 0.15) is 38.3 Å². The summed E-state index contributed by atoms with van der Waals surface area (Å²) in [6, 6.07) is 0.473. The maximum atomic E-state index is 4.32. The third-order valence-corrected chi connectivity index (χ3v) is 2.33. The number of aromatic nitrogens is 2. The minimum atomic E-state index is 0.473. The van der Waals surface area contributed by atoms with Crippen LogP contribution >= 0.6 is 0 Å². The van der Waals surface area contributed by atoms with Gasteiger partial charge in [-0.2, -0.15) is 5.10 Å². The van der Waals surface area contributed by atoms with Gasteiger partial charge in [0.1, 0.15) is 0 Å². The molecule has 1 rings (SSSR count). The summed E-state index contributed by atoms with van der Waals surface area (Å²) in [5, 5.41) is 7.47. The standard InChI is InChI=1S/C11H21N3/c1-10(2)14-9-11(8-13-14)6-4-5-7-12-3/h8-10,12H,4-7H2,1-3H3. The fourth-order valence-electron chi connectivity index (χ4n) is 1.42. The first-order valence-corrected chi connectivity index (χ1v) is 5.41. The second-order valence-corrected chi connectivity index (χ2v) is 3.98. The van der Waals surface area contributed by atoms with Crippen LogP contribution in [0.15, 0.2) is 12.4 Å². The van der Waals surface area contributed by atoms with Crippen LogP contribution in [-0.4, -0.2) is 23.4 Å². The van der Waals surface area contributed by atoms with Crippen molar-refractivity contribution in [2.45, 2.75) is 39.2 Å². The minimum absolute atomic E-state index is 0.473. The van der Waals surface area contributed by atoms with Gasteiger partial charge in [-0.15, -0.1) is 0 Å². The lowest BCUT2D eigenvalue weighted by Crippen LogP contribution is -2.07. The van der Waals surface area contributed by atoms with Crippen molar-refractivity contribution in [3.8, 4) is 0 Å². The number of rotatable bonds is 6. The Labute approximate surface area is 86.5 Å². The zero-order valence-electron chi connectivity index (χ0n) is 9.45. The van der Waals surface area contributed by atoms with Crippen LogP contribution in [0.25, 0.3) is 0 Å². The SMILES string of the molecule is CNCCCCc1cnn(C(C)C)c1. The summed E-state index contributed by atoms with van der Waals surface area (Å²) in [6.07, 6.45) is 7.77. The lowest BCUT2D eigenvalue weighted by atomic mass is 10.1. The first-order chi connectivity index (χ1) is 6.74. The molecule has 0 saturated carbocycles. The Morgan fingerprint density at radius 3 is 2.79 bits per heavy atom. The van der Waals surface area contributed by atoms with Gasteiger partial charge in [0.15, 0.2) is 0 Å². The normalized spacial score (nSPS) is 11.1. The van der Waals surface area contributed by atoms with Crippen molar-refractivity contribution in [1.29, 1.82) is 0 Å². The highest BCUT2D eigenvalue weighted by Gasteiger charge is 2.00. The Hall–Kier alpha value is -0.830. The molecule has 0 bridgehead atoms. The summed E-state index contributed by atoms with van der Waals surface area (Å²) in [4.78, 5) is 0. The molecule has 0 aromatic carbocycles. The van der Waals surface area contributed by atoms with Crippen molar-refractivity contribution in [3.05, 3.63) is 18.0 Å². The fraction of sp³-hybridized carbons (Fsp3) is 0.727. The largest absolute Gasteiger partial charge is 0.320 e. The van der Waals surface area contributed by atoms with Gasteiger partial charge in [0, 0.05) is 12.2 Å². The van der Waals surface area contributed by atoms with E-state index in [-0.39, 0.29) is 0 Å². The molecule has 1 N–H and O–H groups in total. The van der Waals surface area contributed by atoms with Gasteiger partial charge in [-0.3, -0.25) is 4.68 Å². The van der Waals surface area contributed by atoms with Crippen molar-refractivity contribution < 1.29 is 0 Å². The number of hydrogen-bond acceptors (Lipinski definition) is 2. The molecule has 1 aromatic rings. The number of nitrogens with one attached hydrogen (secondary N) is 1. The molecule has 0 atom stereocenters. The Balaban J connectivity index is 2.29. The molecule has 0 aliphatic heterocycles. The zero-order chi connectivity index (χ0) is 10.4. The van der Waals surface area contributed by atoms with E-state index < -0.39 is 0 Å². The van der Waals surface area contributed by atoms with E-state index in [1.54, 1.807) is 0 Å². The summed E-state index contributed by atoms with van der Waals surface area (Å²) in [6.45, 7) is 5.41. The first-order valence-electron chi connectivity index (χ1n) is 5.41. The summed E-state index contributed by atoms with van der Waals surface area (Å²) >= 11 is 0. The molecule has 1 heterocycles. The lowest BCUT2D eigenvalue weighted by molar-refractivity contribution is 0.532. The Bertz CT molecular complexity index is 253. The second-order valence-electron chi connectivity index (χ2n) is 3.98. The monoisotopic (exact) mass is 195 g/mol. The lowest BCUT2D eigenvalue weighted by Gasteiger charge is -2.03. The molecule has 3 heteroatoms. The van der Waals surface area contributed by atoms with Crippen molar-refractivity contribution in [2.24, 2.45) is 0 Å².